The first-order valence-corrected chi connectivity index (χ1v) is 10.5. The van der Waals surface area contributed by atoms with Crippen molar-refractivity contribution in [2.45, 2.75) is 51.7 Å². The van der Waals surface area contributed by atoms with E-state index in [4.69, 9.17) is 0 Å². The Bertz CT molecular complexity index is 1120. The van der Waals surface area contributed by atoms with E-state index in [1.165, 1.54) is 0 Å². The number of nitrogens with zero attached hydrogens (tertiary/aromatic N) is 2. The molecule has 1 aromatic carbocycles. The minimum atomic E-state index is -4.21. The fraction of sp³-hybridized carbons (Fsp3) is 0.391. The van der Waals surface area contributed by atoms with Crippen molar-refractivity contribution in [3.63, 3.8) is 0 Å². The number of hydrogen-bond acceptors (Lipinski definition) is 3. The van der Waals surface area contributed by atoms with E-state index in [9.17, 15) is 18.0 Å². The number of nitrogens with one attached hydrogen (secondary N) is 2. The summed E-state index contributed by atoms with van der Waals surface area (Å²) in [6, 6.07) is 7.78. The largest absolute Gasteiger partial charge is 0.390 e. The lowest BCUT2D eigenvalue weighted by Gasteiger charge is -2.13. The van der Waals surface area contributed by atoms with Crippen LogP contribution < -0.4 is 10.6 Å². The number of aromatic nitrogens is 2. The van der Waals surface area contributed by atoms with Gasteiger partial charge < -0.3 is 10.6 Å². The first-order chi connectivity index (χ1) is 14.7. The Morgan fingerprint density at radius 1 is 1.26 bits per heavy atom. The SMILES string of the molecule is CCc1cc(NCCC(F)(F)F)c2ncc(-c3ccc(C(=O)NC4CC4)c(C)c3)n2c1. The van der Waals surface area contributed by atoms with Crippen LogP contribution in [-0.2, 0) is 6.42 Å². The molecule has 1 saturated carbocycles. The average molecular weight is 430 g/mol. The highest BCUT2D eigenvalue weighted by Gasteiger charge is 2.26. The van der Waals surface area contributed by atoms with Gasteiger partial charge in [-0.15, -0.1) is 0 Å². The van der Waals surface area contributed by atoms with E-state index >= 15 is 0 Å². The molecule has 1 aliphatic rings. The zero-order valence-corrected chi connectivity index (χ0v) is 17.5. The normalized spacial score (nSPS) is 14.1. The molecule has 8 heteroatoms. The van der Waals surface area contributed by atoms with Crippen LogP contribution in [0.2, 0.25) is 0 Å². The Morgan fingerprint density at radius 3 is 2.68 bits per heavy atom. The number of aryl methyl sites for hydroxylation is 2. The maximum absolute atomic E-state index is 12.6. The summed E-state index contributed by atoms with van der Waals surface area (Å²) >= 11 is 0. The second-order valence-electron chi connectivity index (χ2n) is 8.02. The molecule has 1 aliphatic carbocycles. The molecule has 5 nitrogen and oxygen atoms in total. The second kappa shape index (κ2) is 8.24. The molecule has 2 aromatic heterocycles. The second-order valence-corrected chi connectivity index (χ2v) is 8.02. The summed E-state index contributed by atoms with van der Waals surface area (Å²) in [4.78, 5) is 16.9. The highest BCUT2D eigenvalue weighted by Crippen LogP contribution is 2.29. The van der Waals surface area contributed by atoms with Crippen molar-refractivity contribution in [3.8, 4) is 11.3 Å². The number of hydrogen-bond donors (Lipinski definition) is 2. The summed E-state index contributed by atoms with van der Waals surface area (Å²) < 4.78 is 39.6. The van der Waals surface area contributed by atoms with Gasteiger partial charge in [-0.1, -0.05) is 13.0 Å². The van der Waals surface area contributed by atoms with Crippen LogP contribution in [0.5, 0.6) is 0 Å². The van der Waals surface area contributed by atoms with E-state index in [0.717, 1.165) is 41.6 Å². The lowest BCUT2D eigenvalue weighted by atomic mass is 10.0. The van der Waals surface area contributed by atoms with Gasteiger partial charge in [0.15, 0.2) is 5.65 Å². The van der Waals surface area contributed by atoms with Crippen LogP contribution in [0.3, 0.4) is 0 Å². The van der Waals surface area contributed by atoms with Crippen molar-refractivity contribution in [3.05, 3.63) is 53.3 Å². The third-order valence-electron chi connectivity index (χ3n) is 5.47. The number of fused-ring (bicyclic) bond motifs is 1. The van der Waals surface area contributed by atoms with Crippen molar-refractivity contribution in [2.24, 2.45) is 0 Å². The van der Waals surface area contributed by atoms with Crippen molar-refractivity contribution in [1.29, 1.82) is 0 Å². The summed E-state index contributed by atoms with van der Waals surface area (Å²) in [6.07, 6.45) is 1.34. The van der Waals surface area contributed by atoms with Gasteiger partial charge in [0.05, 0.1) is 24.0 Å². The predicted molar refractivity (Wildman–Crippen MR) is 114 cm³/mol. The molecule has 1 amide bonds. The summed E-state index contributed by atoms with van der Waals surface area (Å²) in [7, 11) is 0. The fourth-order valence-electron chi connectivity index (χ4n) is 3.59. The average Bonchev–Trinajstić information content (AvgIpc) is 3.41. The molecule has 164 valence electrons. The van der Waals surface area contributed by atoms with Crippen LogP contribution in [0.1, 0.15) is 47.7 Å². The third kappa shape index (κ3) is 4.84. The number of benzene rings is 1. The van der Waals surface area contributed by atoms with Gasteiger partial charge in [0.1, 0.15) is 0 Å². The van der Waals surface area contributed by atoms with E-state index in [-0.39, 0.29) is 12.5 Å². The standard InChI is InChI=1S/C23H25F3N4O/c1-3-15-11-19(27-9-8-23(24,25)26)21-28-12-20(30(21)13-15)16-4-7-18(14(2)10-16)22(31)29-17-5-6-17/h4,7,10-13,17,27H,3,5-6,8-9H2,1-2H3,(H,29,31). The molecule has 0 radical (unpaired) electrons. The highest BCUT2D eigenvalue weighted by molar-refractivity contribution is 5.96. The molecule has 0 aliphatic heterocycles. The smallest absolute Gasteiger partial charge is 0.382 e. The molecule has 0 unspecified atom stereocenters. The van der Waals surface area contributed by atoms with E-state index in [1.807, 2.05) is 48.7 Å². The monoisotopic (exact) mass is 430 g/mol. The third-order valence-corrected chi connectivity index (χ3v) is 5.47. The van der Waals surface area contributed by atoms with Crippen molar-refractivity contribution < 1.29 is 18.0 Å². The van der Waals surface area contributed by atoms with E-state index < -0.39 is 12.6 Å². The van der Waals surface area contributed by atoms with Crippen molar-refractivity contribution in [1.82, 2.24) is 14.7 Å². The lowest BCUT2D eigenvalue weighted by molar-refractivity contribution is -0.131. The van der Waals surface area contributed by atoms with Crippen LogP contribution in [0.4, 0.5) is 18.9 Å². The molecule has 0 spiro atoms. The number of pyridine rings is 1. The summed E-state index contributed by atoms with van der Waals surface area (Å²) in [6.45, 7) is 3.68. The Morgan fingerprint density at radius 2 is 2.03 bits per heavy atom. The molecule has 0 saturated heterocycles. The minimum absolute atomic E-state index is 0.0610. The molecule has 3 aromatic rings. The van der Waals surface area contributed by atoms with Gasteiger partial charge in [0.2, 0.25) is 0 Å². The van der Waals surface area contributed by atoms with E-state index in [2.05, 4.69) is 15.6 Å². The summed E-state index contributed by atoms with van der Waals surface area (Å²) in [5, 5.41) is 5.89. The molecule has 2 heterocycles. The molecule has 4 rings (SSSR count). The quantitative estimate of drug-likeness (QED) is 0.546. The zero-order chi connectivity index (χ0) is 22.2. The van der Waals surface area contributed by atoms with Crippen LogP contribution >= 0.6 is 0 Å². The number of rotatable bonds is 7. The van der Waals surface area contributed by atoms with Gasteiger partial charge in [-0.05, 0) is 55.5 Å². The Hall–Kier alpha value is -3.03. The summed E-state index contributed by atoms with van der Waals surface area (Å²) in [5.74, 6) is -0.0610. The Labute approximate surface area is 178 Å². The first-order valence-electron chi connectivity index (χ1n) is 10.5. The van der Waals surface area contributed by atoms with Crippen molar-refractivity contribution in [2.75, 3.05) is 11.9 Å². The molecule has 0 atom stereocenters. The number of amides is 1. The van der Waals surface area contributed by atoms with E-state index in [1.54, 1.807) is 6.20 Å². The maximum Gasteiger partial charge on any atom is 0.390 e. The zero-order valence-electron chi connectivity index (χ0n) is 17.5. The number of halogens is 3. The Balaban J connectivity index is 1.65. The fourth-order valence-corrected chi connectivity index (χ4v) is 3.59. The van der Waals surface area contributed by atoms with Crippen LogP contribution in [-0.4, -0.2) is 34.1 Å². The van der Waals surface area contributed by atoms with E-state index in [0.29, 0.717) is 22.9 Å². The highest BCUT2D eigenvalue weighted by atomic mass is 19.4. The van der Waals surface area contributed by atoms with Gasteiger partial charge >= 0.3 is 6.18 Å². The van der Waals surface area contributed by atoms with Gasteiger partial charge in [0.25, 0.3) is 5.91 Å². The molecular formula is C23H25F3N4O. The first kappa shape index (κ1) is 21.2. The number of carbonyl (C=O) groups is 1. The molecule has 31 heavy (non-hydrogen) atoms. The number of anilines is 1. The molecule has 0 bridgehead atoms. The van der Waals surface area contributed by atoms with Crippen LogP contribution in [0.25, 0.3) is 16.9 Å². The number of imidazole rings is 1. The topological polar surface area (TPSA) is 58.4 Å². The van der Waals surface area contributed by atoms with Gasteiger partial charge in [-0.25, -0.2) is 4.98 Å². The van der Waals surface area contributed by atoms with Gasteiger partial charge in [-0.2, -0.15) is 13.2 Å². The van der Waals surface area contributed by atoms with Crippen LogP contribution in [0.15, 0.2) is 36.7 Å². The summed E-state index contributed by atoms with van der Waals surface area (Å²) in [5.41, 5.74) is 5.35. The molecule has 1 fully saturated rings. The lowest BCUT2D eigenvalue weighted by Crippen LogP contribution is -2.26. The predicted octanol–water partition coefficient (Wildman–Crippen LogP) is 5.13. The van der Waals surface area contributed by atoms with Gasteiger partial charge in [0, 0.05) is 29.9 Å². The Kier molecular flexibility index (Phi) is 5.64. The number of carbonyl (C=O) groups excluding carboxylic acids is 1. The van der Waals surface area contributed by atoms with Crippen LogP contribution in [0, 0.1) is 6.92 Å². The van der Waals surface area contributed by atoms with Gasteiger partial charge in [-0.3, -0.25) is 9.20 Å². The van der Waals surface area contributed by atoms with Crippen molar-refractivity contribution >= 4 is 17.2 Å². The molecular weight excluding hydrogens is 405 g/mol. The maximum atomic E-state index is 12.6. The molecule has 2 N–H and O–H groups in total. The minimum Gasteiger partial charge on any atom is -0.382 e. The number of alkyl halides is 3.